The Balaban J connectivity index is 1.72. The third kappa shape index (κ3) is 1.70. The van der Waals surface area contributed by atoms with Gasteiger partial charge < -0.3 is 15.5 Å². The van der Waals surface area contributed by atoms with E-state index in [1.54, 1.807) is 11.3 Å². The summed E-state index contributed by atoms with van der Waals surface area (Å²) in [5, 5.41) is 8.41. The highest BCUT2D eigenvalue weighted by Gasteiger charge is 2.35. The molecule has 86 valence electrons. The third-order valence-electron chi connectivity index (χ3n) is 3.30. The first-order chi connectivity index (χ1) is 7.84. The van der Waals surface area contributed by atoms with Crippen molar-refractivity contribution in [1.29, 1.82) is 0 Å². The number of thiophene rings is 1. The van der Waals surface area contributed by atoms with Crippen LogP contribution in [0.4, 0.5) is 4.79 Å². The van der Waals surface area contributed by atoms with Gasteiger partial charge in [-0.05, 0) is 24.4 Å². The van der Waals surface area contributed by atoms with Crippen molar-refractivity contribution < 1.29 is 4.79 Å². The molecular weight excluding hydrogens is 222 g/mol. The van der Waals surface area contributed by atoms with Gasteiger partial charge in [0.25, 0.3) is 0 Å². The zero-order valence-electron chi connectivity index (χ0n) is 8.98. The van der Waals surface area contributed by atoms with Crippen LogP contribution in [-0.2, 0) is 0 Å². The van der Waals surface area contributed by atoms with E-state index in [0.29, 0.717) is 6.04 Å². The molecule has 0 radical (unpaired) electrons. The molecule has 0 aliphatic carbocycles. The summed E-state index contributed by atoms with van der Waals surface area (Å²) in [7, 11) is 0. The normalized spacial score (nSPS) is 29.8. The van der Waals surface area contributed by atoms with E-state index in [9.17, 15) is 4.79 Å². The van der Waals surface area contributed by atoms with Crippen molar-refractivity contribution in [2.75, 3.05) is 19.6 Å². The summed E-state index contributed by atoms with van der Waals surface area (Å²) in [6, 6.07) is 4.78. The Morgan fingerprint density at radius 1 is 1.50 bits per heavy atom. The Labute approximate surface area is 98.6 Å². The number of rotatable bonds is 2. The fraction of sp³-hybridized carbons (Fsp3) is 0.545. The van der Waals surface area contributed by atoms with Crippen molar-refractivity contribution in [1.82, 2.24) is 15.5 Å². The van der Waals surface area contributed by atoms with Gasteiger partial charge in [0.05, 0.1) is 6.04 Å². The van der Waals surface area contributed by atoms with Crippen molar-refractivity contribution in [3.05, 3.63) is 22.4 Å². The van der Waals surface area contributed by atoms with E-state index >= 15 is 0 Å². The fourth-order valence-corrected chi connectivity index (χ4v) is 3.20. The number of carbonyl (C=O) groups is 1. The van der Waals surface area contributed by atoms with Gasteiger partial charge in [-0.2, -0.15) is 0 Å². The number of amides is 2. The van der Waals surface area contributed by atoms with Gasteiger partial charge in [0.2, 0.25) is 0 Å². The van der Waals surface area contributed by atoms with E-state index in [1.165, 1.54) is 4.88 Å². The molecule has 1 aromatic rings. The minimum absolute atomic E-state index is 0.0899. The summed E-state index contributed by atoms with van der Waals surface area (Å²) >= 11 is 1.71. The van der Waals surface area contributed by atoms with Crippen LogP contribution in [0.3, 0.4) is 0 Å². The summed E-state index contributed by atoms with van der Waals surface area (Å²) in [4.78, 5) is 15.1. The first-order valence-corrected chi connectivity index (χ1v) is 6.54. The molecule has 2 N–H and O–H groups in total. The second-order valence-electron chi connectivity index (χ2n) is 4.32. The van der Waals surface area contributed by atoms with Crippen molar-refractivity contribution in [3.8, 4) is 0 Å². The lowest BCUT2D eigenvalue weighted by Crippen LogP contribution is -2.39. The Kier molecular flexibility index (Phi) is 2.57. The Morgan fingerprint density at radius 3 is 3.12 bits per heavy atom. The first-order valence-electron chi connectivity index (χ1n) is 5.66. The fourth-order valence-electron chi connectivity index (χ4n) is 2.43. The maximum Gasteiger partial charge on any atom is 0.318 e. The third-order valence-corrected chi connectivity index (χ3v) is 4.29. The SMILES string of the molecule is O=C1NC(c2cccs2)CN1C1CCNC1. The molecule has 1 aromatic heterocycles. The Morgan fingerprint density at radius 2 is 2.44 bits per heavy atom. The predicted octanol–water partition coefficient (Wildman–Crippen LogP) is 1.18. The van der Waals surface area contributed by atoms with Crippen LogP contribution in [0.15, 0.2) is 17.5 Å². The molecule has 2 amide bonds. The minimum atomic E-state index is 0.0899. The average Bonchev–Trinajstić information content (AvgIpc) is 2.97. The molecule has 2 atom stereocenters. The number of hydrogen-bond acceptors (Lipinski definition) is 3. The quantitative estimate of drug-likeness (QED) is 0.811. The highest BCUT2D eigenvalue weighted by atomic mass is 32.1. The second-order valence-corrected chi connectivity index (χ2v) is 5.30. The highest BCUT2D eigenvalue weighted by Crippen LogP contribution is 2.26. The van der Waals surface area contributed by atoms with Crippen LogP contribution in [-0.4, -0.2) is 36.6 Å². The standard InChI is InChI=1S/C11H15N3OS/c15-11-13-9(10-2-1-5-16-10)7-14(11)8-3-4-12-6-8/h1-2,5,8-9,12H,3-4,6-7H2,(H,13,15). The summed E-state index contributed by atoms with van der Waals surface area (Å²) < 4.78 is 0. The minimum Gasteiger partial charge on any atom is -0.329 e. The maximum absolute atomic E-state index is 11.9. The van der Waals surface area contributed by atoms with Crippen LogP contribution in [0.1, 0.15) is 17.3 Å². The molecule has 2 aliphatic heterocycles. The summed E-state index contributed by atoms with van der Waals surface area (Å²) in [5.74, 6) is 0. The number of nitrogens with zero attached hydrogens (tertiary/aromatic N) is 1. The lowest BCUT2D eigenvalue weighted by molar-refractivity contribution is 0.201. The number of hydrogen-bond donors (Lipinski definition) is 2. The van der Waals surface area contributed by atoms with Gasteiger partial charge in [0.1, 0.15) is 0 Å². The lowest BCUT2D eigenvalue weighted by Gasteiger charge is -2.21. The van der Waals surface area contributed by atoms with Crippen LogP contribution in [0.2, 0.25) is 0 Å². The maximum atomic E-state index is 11.9. The van der Waals surface area contributed by atoms with Gasteiger partial charge in [0.15, 0.2) is 0 Å². The first kappa shape index (κ1) is 10.1. The zero-order chi connectivity index (χ0) is 11.0. The largest absolute Gasteiger partial charge is 0.329 e. The van der Waals surface area contributed by atoms with Crippen LogP contribution in [0.25, 0.3) is 0 Å². The number of urea groups is 1. The highest BCUT2D eigenvalue weighted by molar-refractivity contribution is 7.10. The van der Waals surface area contributed by atoms with Crippen molar-refractivity contribution in [2.45, 2.75) is 18.5 Å². The van der Waals surface area contributed by atoms with Gasteiger partial charge in [0, 0.05) is 24.0 Å². The molecule has 3 heterocycles. The molecule has 2 unspecified atom stereocenters. The van der Waals surface area contributed by atoms with Gasteiger partial charge in [-0.1, -0.05) is 6.07 Å². The van der Waals surface area contributed by atoms with Crippen LogP contribution >= 0.6 is 11.3 Å². The topological polar surface area (TPSA) is 44.4 Å². The average molecular weight is 237 g/mol. The molecule has 2 aliphatic rings. The summed E-state index contributed by atoms with van der Waals surface area (Å²) in [6.45, 7) is 2.77. The van der Waals surface area contributed by atoms with Crippen molar-refractivity contribution >= 4 is 17.4 Å². The molecule has 2 saturated heterocycles. The van der Waals surface area contributed by atoms with Gasteiger partial charge in [-0.15, -0.1) is 11.3 Å². The molecule has 4 nitrogen and oxygen atoms in total. The van der Waals surface area contributed by atoms with Gasteiger partial charge in [-0.3, -0.25) is 0 Å². The molecule has 5 heteroatoms. The second kappa shape index (κ2) is 4.07. The molecule has 16 heavy (non-hydrogen) atoms. The zero-order valence-corrected chi connectivity index (χ0v) is 9.80. The van der Waals surface area contributed by atoms with E-state index < -0.39 is 0 Å². The van der Waals surface area contributed by atoms with Crippen LogP contribution < -0.4 is 10.6 Å². The van der Waals surface area contributed by atoms with E-state index in [1.807, 2.05) is 11.0 Å². The Hall–Kier alpha value is -1.07. The molecule has 0 saturated carbocycles. The van der Waals surface area contributed by atoms with Crippen molar-refractivity contribution in [3.63, 3.8) is 0 Å². The Bertz CT molecular complexity index is 373. The monoisotopic (exact) mass is 237 g/mol. The molecule has 2 fully saturated rings. The van der Waals surface area contributed by atoms with Gasteiger partial charge >= 0.3 is 6.03 Å². The number of carbonyl (C=O) groups excluding carboxylic acids is 1. The molecule has 0 aromatic carbocycles. The van der Waals surface area contributed by atoms with Crippen molar-refractivity contribution in [2.24, 2.45) is 0 Å². The van der Waals surface area contributed by atoms with Gasteiger partial charge in [-0.25, -0.2) is 4.79 Å². The molecule has 0 bridgehead atoms. The van der Waals surface area contributed by atoms with E-state index in [4.69, 9.17) is 0 Å². The molecule has 3 rings (SSSR count). The summed E-state index contributed by atoms with van der Waals surface area (Å²) in [6.07, 6.45) is 1.07. The van der Waals surface area contributed by atoms with Crippen LogP contribution in [0, 0.1) is 0 Å². The van der Waals surface area contributed by atoms with Crippen LogP contribution in [0.5, 0.6) is 0 Å². The van der Waals surface area contributed by atoms with E-state index in [0.717, 1.165) is 26.1 Å². The summed E-state index contributed by atoms with van der Waals surface area (Å²) in [5.41, 5.74) is 0. The predicted molar refractivity (Wildman–Crippen MR) is 63.6 cm³/mol. The molecule has 0 spiro atoms. The lowest BCUT2D eigenvalue weighted by atomic mass is 10.2. The van der Waals surface area contributed by atoms with E-state index in [-0.39, 0.29) is 12.1 Å². The van der Waals surface area contributed by atoms with E-state index in [2.05, 4.69) is 22.1 Å². The smallest absolute Gasteiger partial charge is 0.318 e. The molecular formula is C11H15N3OS. The number of nitrogens with one attached hydrogen (secondary N) is 2.